The summed E-state index contributed by atoms with van der Waals surface area (Å²) in [5, 5.41) is 9.59. The number of benzene rings is 1. The highest BCUT2D eigenvalue weighted by Gasteiger charge is 2.00. The van der Waals surface area contributed by atoms with Crippen LogP contribution in [-0.2, 0) is 0 Å². The second-order valence-corrected chi connectivity index (χ2v) is 3.78. The standard InChI is InChI=1S/C12H11N3O3/c1-7-2-3-10(16)8(4-7)5-13-9-6-14-12(18)15-11(9)17/h2-6,16H,1H3,(H2,14,15,17,18). The van der Waals surface area contributed by atoms with Crippen LogP contribution in [0.4, 0.5) is 5.69 Å². The summed E-state index contributed by atoms with van der Waals surface area (Å²) in [4.78, 5) is 30.5. The lowest BCUT2D eigenvalue weighted by atomic mass is 10.1. The minimum atomic E-state index is -0.586. The monoisotopic (exact) mass is 245 g/mol. The zero-order chi connectivity index (χ0) is 13.1. The lowest BCUT2D eigenvalue weighted by Gasteiger charge is -1.99. The molecule has 0 radical (unpaired) electrons. The minimum absolute atomic E-state index is 0.0653. The molecule has 2 rings (SSSR count). The lowest BCUT2D eigenvalue weighted by molar-refractivity contribution is 0.474. The molecule has 2 aromatic rings. The van der Waals surface area contributed by atoms with Gasteiger partial charge in [-0.3, -0.25) is 9.78 Å². The molecule has 1 heterocycles. The van der Waals surface area contributed by atoms with Crippen molar-refractivity contribution in [2.24, 2.45) is 4.99 Å². The molecule has 0 bridgehead atoms. The first-order valence-electron chi connectivity index (χ1n) is 5.22. The molecule has 3 N–H and O–H groups in total. The maximum Gasteiger partial charge on any atom is 0.325 e. The first kappa shape index (κ1) is 11.8. The van der Waals surface area contributed by atoms with Gasteiger partial charge >= 0.3 is 5.69 Å². The molecule has 6 nitrogen and oxygen atoms in total. The summed E-state index contributed by atoms with van der Waals surface area (Å²) in [6, 6.07) is 5.05. The van der Waals surface area contributed by atoms with E-state index >= 15 is 0 Å². The third-order valence-electron chi connectivity index (χ3n) is 2.33. The van der Waals surface area contributed by atoms with Crippen LogP contribution in [0.1, 0.15) is 11.1 Å². The summed E-state index contributed by atoms with van der Waals surface area (Å²) in [6.45, 7) is 1.88. The second kappa shape index (κ2) is 4.70. The minimum Gasteiger partial charge on any atom is -0.507 e. The third-order valence-corrected chi connectivity index (χ3v) is 2.33. The van der Waals surface area contributed by atoms with Gasteiger partial charge in [-0.25, -0.2) is 9.79 Å². The molecule has 6 heteroatoms. The van der Waals surface area contributed by atoms with Crippen LogP contribution in [0.15, 0.2) is 39.0 Å². The van der Waals surface area contributed by atoms with Gasteiger partial charge in [-0.05, 0) is 19.1 Å². The predicted molar refractivity (Wildman–Crippen MR) is 67.8 cm³/mol. The smallest absolute Gasteiger partial charge is 0.325 e. The van der Waals surface area contributed by atoms with Crippen LogP contribution >= 0.6 is 0 Å². The van der Waals surface area contributed by atoms with Gasteiger partial charge in [0.15, 0.2) is 0 Å². The highest BCUT2D eigenvalue weighted by molar-refractivity contribution is 5.85. The summed E-state index contributed by atoms with van der Waals surface area (Å²) in [5.41, 5.74) is 0.361. The number of hydrogen-bond donors (Lipinski definition) is 3. The average Bonchev–Trinajstić information content (AvgIpc) is 2.32. The number of nitrogens with zero attached hydrogens (tertiary/aromatic N) is 1. The number of aromatic amines is 2. The Hall–Kier alpha value is -2.63. The highest BCUT2D eigenvalue weighted by Crippen LogP contribution is 2.16. The highest BCUT2D eigenvalue weighted by atomic mass is 16.3. The topological polar surface area (TPSA) is 98.3 Å². The van der Waals surface area contributed by atoms with Crippen molar-refractivity contribution in [3.05, 3.63) is 56.4 Å². The molecule has 0 aliphatic rings. The molecule has 18 heavy (non-hydrogen) atoms. The van der Waals surface area contributed by atoms with Crippen LogP contribution in [0.25, 0.3) is 0 Å². The zero-order valence-corrected chi connectivity index (χ0v) is 9.60. The number of H-pyrrole nitrogens is 2. The van der Waals surface area contributed by atoms with Gasteiger partial charge in [0.2, 0.25) is 0 Å². The van der Waals surface area contributed by atoms with E-state index in [4.69, 9.17) is 0 Å². The first-order valence-corrected chi connectivity index (χ1v) is 5.22. The number of nitrogens with one attached hydrogen (secondary N) is 2. The Balaban J connectivity index is 2.38. The number of phenolic OH excluding ortho intramolecular Hbond substituents is 1. The van der Waals surface area contributed by atoms with E-state index in [9.17, 15) is 14.7 Å². The van der Waals surface area contributed by atoms with Crippen molar-refractivity contribution in [3.63, 3.8) is 0 Å². The Morgan fingerprint density at radius 3 is 2.83 bits per heavy atom. The molecule has 0 fully saturated rings. The summed E-state index contributed by atoms with van der Waals surface area (Å²) < 4.78 is 0. The number of aromatic hydroxyl groups is 1. The lowest BCUT2D eigenvalue weighted by Crippen LogP contribution is -2.20. The van der Waals surface area contributed by atoms with Crippen LogP contribution in [0.3, 0.4) is 0 Å². The van der Waals surface area contributed by atoms with Crippen LogP contribution in [0, 0.1) is 6.92 Å². The molecule has 92 valence electrons. The van der Waals surface area contributed by atoms with Crippen LogP contribution < -0.4 is 11.2 Å². The van der Waals surface area contributed by atoms with E-state index in [2.05, 4.69) is 15.0 Å². The molecule has 0 aliphatic carbocycles. The fraction of sp³-hybridized carbons (Fsp3) is 0.0833. The Morgan fingerprint density at radius 2 is 2.11 bits per heavy atom. The Morgan fingerprint density at radius 1 is 1.33 bits per heavy atom. The SMILES string of the molecule is Cc1ccc(O)c(C=Nc2c[nH]c(=O)[nH]c2=O)c1. The predicted octanol–water partition coefficient (Wildman–Crippen LogP) is 0.828. The molecular weight excluding hydrogens is 234 g/mol. The molecule has 0 aliphatic heterocycles. The first-order chi connectivity index (χ1) is 8.56. The molecule has 0 amide bonds. The van der Waals surface area contributed by atoms with Crippen LogP contribution in [0.2, 0.25) is 0 Å². The molecule has 1 aromatic carbocycles. The van der Waals surface area contributed by atoms with Gasteiger partial charge in [-0.2, -0.15) is 0 Å². The van der Waals surface area contributed by atoms with Crippen molar-refractivity contribution in [1.82, 2.24) is 9.97 Å². The summed E-state index contributed by atoms with van der Waals surface area (Å²) in [6.07, 6.45) is 2.58. The van der Waals surface area contributed by atoms with E-state index in [-0.39, 0.29) is 11.4 Å². The Bertz CT molecular complexity index is 713. The van der Waals surface area contributed by atoms with Gasteiger partial charge < -0.3 is 10.1 Å². The molecule has 0 saturated heterocycles. The van der Waals surface area contributed by atoms with Gasteiger partial charge in [0.05, 0.1) is 0 Å². The largest absolute Gasteiger partial charge is 0.507 e. The number of phenols is 1. The summed E-state index contributed by atoms with van der Waals surface area (Å²) >= 11 is 0. The fourth-order valence-electron chi connectivity index (χ4n) is 1.42. The molecular formula is C12H11N3O3. The van der Waals surface area contributed by atoms with E-state index in [0.717, 1.165) is 5.56 Å². The average molecular weight is 245 g/mol. The maximum atomic E-state index is 11.4. The number of aliphatic imine (C=N–C) groups is 1. The van der Waals surface area contributed by atoms with Gasteiger partial charge in [-0.15, -0.1) is 0 Å². The normalized spacial score (nSPS) is 10.9. The van der Waals surface area contributed by atoms with Crippen LogP contribution in [0.5, 0.6) is 5.75 Å². The van der Waals surface area contributed by atoms with Crippen molar-refractivity contribution in [2.45, 2.75) is 6.92 Å². The molecule has 1 aromatic heterocycles. The second-order valence-electron chi connectivity index (χ2n) is 3.78. The van der Waals surface area contributed by atoms with Gasteiger partial charge in [-0.1, -0.05) is 11.6 Å². The zero-order valence-electron chi connectivity index (χ0n) is 9.60. The van der Waals surface area contributed by atoms with Crippen molar-refractivity contribution < 1.29 is 5.11 Å². The van der Waals surface area contributed by atoms with E-state index in [1.165, 1.54) is 12.4 Å². The van der Waals surface area contributed by atoms with Crippen molar-refractivity contribution in [3.8, 4) is 5.75 Å². The Kier molecular flexibility index (Phi) is 3.09. The molecule has 0 atom stereocenters. The quantitative estimate of drug-likeness (QED) is 0.683. The van der Waals surface area contributed by atoms with E-state index in [1.807, 2.05) is 6.92 Å². The van der Waals surface area contributed by atoms with Crippen LogP contribution in [-0.4, -0.2) is 21.3 Å². The van der Waals surface area contributed by atoms with E-state index in [1.54, 1.807) is 18.2 Å². The molecule has 0 unspecified atom stereocenters. The van der Waals surface area contributed by atoms with Crippen molar-refractivity contribution >= 4 is 11.9 Å². The summed E-state index contributed by atoms with van der Waals surface area (Å²) in [5.74, 6) is 0.0743. The van der Waals surface area contributed by atoms with Gasteiger partial charge in [0, 0.05) is 18.0 Å². The number of aryl methyl sites for hydroxylation is 1. The van der Waals surface area contributed by atoms with Crippen molar-refractivity contribution in [1.29, 1.82) is 0 Å². The summed E-state index contributed by atoms with van der Waals surface area (Å²) in [7, 11) is 0. The third kappa shape index (κ3) is 2.54. The van der Waals surface area contributed by atoms with Crippen molar-refractivity contribution in [2.75, 3.05) is 0 Å². The maximum absolute atomic E-state index is 11.4. The number of hydrogen-bond acceptors (Lipinski definition) is 4. The number of aromatic nitrogens is 2. The van der Waals surface area contributed by atoms with Gasteiger partial charge in [0.1, 0.15) is 11.4 Å². The van der Waals surface area contributed by atoms with Gasteiger partial charge in [0.25, 0.3) is 5.56 Å². The molecule has 0 saturated carbocycles. The Labute approximate surface area is 102 Å². The number of rotatable bonds is 2. The van der Waals surface area contributed by atoms with E-state index in [0.29, 0.717) is 5.56 Å². The fourth-order valence-corrected chi connectivity index (χ4v) is 1.42. The molecule has 0 spiro atoms. The van der Waals surface area contributed by atoms with E-state index < -0.39 is 11.2 Å².